The molecule has 112 valence electrons. The van der Waals surface area contributed by atoms with Gasteiger partial charge >= 0.3 is 0 Å². The molecular weight excluding hydrogens is 284 g/mol. The van der Waals surface area contributed by atoms with Crippen LogP contribution in [0.2, 0.25) is 0 Å². The first-order valence-electron chi connectivity index (χ1n) is 7.20. The van der Waals surface area contributed by atoms with Crippen molar-refractivity contribution in [1.82, 2.24) is 9.88 Å². The minimum absolute atomic E-state index is 0.118. The van der Waals surface area contributed by atoms with Crippen molar-refractivity contribution in [1.29, 1.82) is 0 Å². The third-order valence-electron chi connectivity index (χ3n) is 3.73. The number of ether oxygens (including phenoxy) is 1. The van der Waals surface area contributed by atoms with Gasteiger partial charge in [0, 0.05) is 30.5 Å². The van der Waals surface area contributed by atoms with Crippen LogP contribution in [0, 0.1) is 0 Å². The summed E-state index contributed by atoms with van der Waals surface area (Å²) in [6.07, 6.45) is -0.0638. The molecule has 0 aliphatic carbocycles. The Balaban J connectivity index is 1.64. The van der Waals surface area contributed by atoms with Gasteiger partial charge < -0.3 is 14.7 Å². The van der Waals surface area contributed by atoms with Crippen molar-refractivity contribution in [3.8, 4) is 11.3 Å². The third-order valence-corrected chi connectivity index (χ3v) is 4.60. The first-order valence-corrected chi connectivity index (χ1v) is 8.08. The van der Waals surface area contributed by atoms with Gasteiger partial charge in [0.2, 0.25) is 0 Å². The van der Waals surface area contributed by atoms with E-state index in [1.54, 1.807) is 11.3 Å². The largest absolute Gasteiger partial charge is 0.390 e. The first kappa shape index (κ1) is 14.7. The molecule has 0 bridgehead atoms. The van der Waals surface area contributed by atoms with Crippen molar-refractivity contribution in [2.24, 2.45) is 0 Å². The van der Waals surface area contributed by atoms with E-state index in [0.717, 1.165) is 29.4 Å². The van der Waals surface area contributed by atoms with Crippen LogP contribution in [-0.2, 0) is 11.2 Å². The second-order valence-electron chi connectivity index (χ2n) is 5.44. The van der Waals surface area contributed by atoms with E-state index in [4.69, 9.17) is 4.74 Å². The average molecular weight is 304 g/mol. The molecular formula is C16H20N2O2S. The molecule has 1 aromatic carbocycles. The summed E-state index contributed by atoms with van der Waals surface area (Å²) in [7, 11) is 2.05. The molecule has 5 heteroatoms. The lowest BCUT2D eigenvalue weighted by Gasteiger charge is -2.32. The molecule has 2 aromatic rings. The van der Waals surface area contributed by atoms with Crippen LogP contribution >= 0.6 is 11.3 Å². The number of rotatable bonds is 4. The van der Waals surface area contributed by atoms with Crippen molar-refractivity contribution < 1.29 is 9.84 Å². The van der Waals surface area contributed by atoms with Crippen molar-refractivity contribution in [2.75, 3.05) is 26.7 Å². The number of morpholine rings is 1. The average Bonchev–Trinajstić information content (AvgIpc) is 2.97. The molecule has 1 aliphatic rings. The normalized spacial score (nSPS) is 21.3. The maximum Gasteiger partial charge on any atom is 0.0965 e. The summed E-state index contributed by atoms with van der Waals surface area (Å²) < 4.78 is 5.66. The van der Waals surface area contributed by atoms with E-state index in [9.17, 15) is 5.11 Å². The lowest BCUT2D eigenvalue weighted by Crippen LogP contribution is -2.46. The van der Waals surface area contributed by atoms with Crippen LogP contribution < -0.4 is 0 Å². The predicted molar refractivity (Wildman–Crippen MR) is 84.5 cm³/mol. The number of nitrogens with zero attached hydrogens (tertiary/aromatic N) is 2. The van der Waals surface area contributed by atoms with Gasteiger partial charge in [-0.1, -0.05) is 30.3 Å². The molecule has 3 rings (SSSR count). The number of likely N-dealkylation sites (N-methyl/N-ethyl adjacent to an activating group) is 1. The van der Waals surface area contributed by atoms with Crippen LogP contribution in [0.3, 0.4) is 0 Å². The summed E-state index contributed by atoms with van der Waals surface area (Å²) >= 11 is 1.60. The zero-order chi connectivity index (χ0) is 14.7. The second kappa shape index (κ2) is 6.66. The fraction of sp³-hybridized carbons (Fsp3) is 0.438. The van der Waals surface area contributed by atoms with Crippen LogP contribution in [0.5, 0.6) is 0 Å². The van der Waals surface area contributed by atoms with E-state index in [-0.39, 0.29) is 6.10 Å². The van der Waals surface area contributed by atoms with Crippen molar-refractivity contribution in [3.63, 3.8) is 0 Å². The number of aliphatic hydroxyl groups excluding tert-OH is 1. The monoisotopic (exact) mass is 304 g/mol. The van der Waals surface area contributed by atoms with Gasteiger partial charge in [0.15, 0.2) is 0 Å². The SMILES string of the molecule is CN1CCOC(C(O)Cc2nc(-c3ccccc3)cs2)C1. The molecule has 1 saturated heterocycles. The first-order chi connectivity index (χ1) is 10.2. The standard InChI is InChI=1S/C16H20N2O2S/c1-18-7-8-20-15(10-18)14(19)9-16-17-13(11-21-16)12-5-3-2-4-6-12/h2-6,11,14-15,19H,7-10H2,1H3. The van der Waals surface area contributed by atoms with Crippen LogP contribution in [-0.4, -0.2) is 53.9 Å². The molecule has 4 nitrogen and oxygen atoms in total. The highest BCUT2D eigenvalue weighted by Crippen LogP contribution is 2.23. The Labute approximate surface area is 129 Å². The zero-order valence-corrected chi connectivity index (χ0v) is 12.9. The van der Waals surface area contributed by atoms with E-state index in [0.29, 0.717) is 13.0 Å². The van der Waals surface area contributed by atoms with E-state index in [2.05, 4.69) is 29.1 Å². The van der Waals surface area contributed by atoms with E-state index < -0.39 is 6.10 Å². The fourth-order valence-corrected chi connectivity index (χ4v) is 3.35. The number of aliphatic hydroxyl groups is 1. The maximum absolute atomic E-state index is 10.3. The van der Waals surface area contributed by atoms with Crippen molar-refractivity contribution in [3.05, 3.63) is 40.7 Å². The van der Waals surface area contributed by atoms with Crippen LogP contribution in [0.25, 0.3) is 11.3 Å². The highest BCUT2D eigenvalue weighted by atomic mass is 32.1. The molecule has 2 unspecified atom stereocenters. The number of hydrogen-bond acceptors (Lipinski definition) is 5. The van der Waals surface area contributed by atoms with Gasteiger partial charge in [0.05, 0.1) is 29.5 Å². The highest BCUT2D eigenvalue weighted by molar-refractivity contribution is 7.09. The lowest BCUT2D eigenvalue weighted by molar-refractivity contribution is -0.0823. The third kappa shape index (κ3) is 3.68. The summed E-state index contributed by atoms with van der Waals surface area (Å²) in [6, 6.07) is 10.1. The molecule has 0 spiro atoms. The Hall–Kier alpha value is -1.27. The minimum atomic E-state index is -0.498. The Morgan fingerprint density at radius 2 is 2.24 bits per heavy atom. The molecule has 2 atom stereocenters. The predicted octanol–water partition coefficient (Wildman–Crippen LogP) is 2.04. The van der Waals surface area contributed by atoms with Gasteiger partial charge in [0.25, 0.3) is 0 Å². The molecule has 2 heterocycles. The van der Waals surface area contributed by atoms with Gasteiger partial charge in [-0.2, -0.15) is 0 Å². The molecule has 0 saturated carbocycles. The maximum atomic E-state index is 10.3. The molecule has 1 aliphatic heterocycles. The number of hydrogen-bond donors (Lipinski definition) is 1. The van der Waals surface area contributed by atoms with Crippen LogP contribution in [0.4, 0.5) is 0 Å². The van der Waals surface area contributed by atoms with E-state index in [1.165, 1.54) is 0 Å². The van der Waals surface area contributed by atoms with Crippen LogP contribution in [0.1, 0.15) is 5.01 Å². The lowest BCUT2D eigenvalue weighted by atomic mass is 10.1. The highest BCUT2D eigenvalue weighted by Gasteiger charge is 2.26. The van der Waals surface area contributed by atoms with E-state index in [1.807, 2.05) is 23.6 Å². The van der Waals surface area contributed by atoms with Gasteiger partial charge in [-0.3, -0.25) is 0 Å². The van der Waals surface area contributed by atoms with Gasteiger partial charge in [-0.05, 0) is 7.05 Å². The number of aromatic nitrogens is 1. The van der Waals surface area contributed by atoms with Crippen molar-refractivity contribution in [2.45, 2.75) is 18.6 Å². The van der Waals surface area contributed by atoms with Crippen LogP contribution in [0.15, 0.2) is 35.7 Å². The number of benzene rings is 1. The Morgan fingerprint density at radius 3 is 3.00 bits per heavy atom. The summed E-state index contributed by atoms with van der Waals surface area (Å²) in [6.45, 7) is 2.39. The van der Waals surface area contributed by atoms with Gasteiger partial charge in [0.1, 0.15) is 0 Å². The Bertz CT molecular complexity index is 573. The second-order valence-corrected chi connectivity index (χ2v) is 6.38. The Kier molecular flexibility index (Phi) is 4.65. The van der Waals surface area contributed by atoms with Gasteiger partial charge in [-0.15, -0.1) is 11.3 Å². The molecule has 1 aromatic heterocycles. The quantitative estimate of drug-likeness (QED) is 0.939. The summed E-state index contributed by atoms with van der Waals surface area (Å²) in [5.74, 6) is 0. The number of thiazole rings is 1. The fourth-order valence-electron chi connectivity index (χ4n) is 2.50. The van der Waals surface area contributed by atoms with Gasteiger partial charge in [-0.25, -0.2) is 4.98 Å². The Morgan fingerprint density at radius 1 is 1.43 bits per heavy atom. The summed E-state index contributed by atoms with van der Waals surface area (Å²) in [5, 5.41) is 13.3. The summed E-state index contributed by atoms with van der Waals surface area (Å²) in [4.78, 5) is 6.81. The molecule has 21 heavy (non-hydrogen) atoms. The molecule has 1 N–H and O–H groups in total. The smallest absolute Gasteiger partial charge is 0.0965 e. The summed E-state index contributed by atoms with van der Waals surface area (Å²) in [5.41, 5.74) is 2.09. The molecule has 1 fully saturated rings. The van der Waals surface area contributed by atoms with E-state index >= 15 is 0 Å². The zero-order valence-electron chi connectivity index (χ0n) is 12.1. The topological polar surface area (TPSA) is 45.6 Å². The minimum Gasteiger partial charge on any atom is -0.390 e. The van der Waals surface area contributed by atoms with Crippen molar-refractivity contribution >= 4 is 11.3 Å². The molecule has 0 amide bonds. The molecule has 0 radical (unpaired) electrons.